The van der Waals surface area contributed by atoms with Crippen molar-refractivity contribution in [2.45, 2.75) is 24.6 Å². The lowest BCUT2D eigenvalue weighted by Gasteiger charge is -2.10. The van der Waals surface area contributed by atoms with E-state index in [-0.39, 0.29) is 11.6 Å². The number of ether oxygens (including phenoxy) is 1. The van der Waals surface area contributed by atoms with E-state index in [0.717, 1.165) is 22.4 Å². The van der Waals surface area contributed by atoms with E-state index < -0.39 is 5.97 Å². The number of carbonyl (C=O) groups is 2. The van der Waals surface area contributed by atoms with Crippen LogP contribution in [-0.4, -0.2) is 29.0 Å². The minimum absolute atomic E-state index is 0.212. The summed E-state index contributed by atoms with van der Waals surface area (Å²) in [5.41, 5.74) is 4.56. The van der Waals surface area contributed by atoms with Gasteiger partial charge in [0.2, 0.25) is 0 Å². The zero-order valence-corrected chi connectivity index (χ0v) is 17.2. The van der Waals surface area contributed by atoms with Crippen LogP contribution in [0.4, 0.5) is 5.69 Å². The molecule has 0 unspecified atom stereocenters. The maximum atomic E-state index is 12.8. The zero-order chi connectivity index (χ0) is 20.8. The smallest absolute Gasteiger partial charge is 0.356 e. The third-order valence-electron chi connectivity index (χ3n) is 4.09. The molecule has 3 rings (SSSR count). The van der Waals surface area contributed by atoms with Gasteiger partial charge in [-0.05, 0) is 66.9 Å². The zero-order valence-electron chi connectivity index (χ0n) is 16.4. The monoisotopic (exact) mass is 407 g/mol. The summed E-state index contributed by atoms with van der Waals surface area (Å²) >= 11 is 1.42. The van der Waals surface area contributed by atoms with Crippen LogP contribution < -0.4 is 5.32 Å². The molecule has 0 bridgehead atoms. The Hall–Kier alpha value is -3.19. The summed E-state index contributed by atoms with van der Waals surface area (Å²) in [5.74, 6) is -0.160. The molecule has 6 nitrogen and oxygen atoms in total. The number of amides is 1. The molecule has 29 heavy (non-hydrogen) atoms. The maximum Gasteiger partial charge on any atom is 0.356 e. The van der Waals surface area contributed by atoms with E-state index >= 15 is 0 Å². The number of nitrogens with zero attached hydrogens (tertiary/aromatic N) is 2. The fourth-order valence-corrected chi connectivity index (χ4v) is 3.79. The molecule has 2 heterocycles. The van der Waals surface area contributed by atoms with Crippen LogP contribution in [0, 0.1) is 13.8 Å². The molecule has 0 spiro atoms. The summed E-state index contributed by atoms with van der Waals surface area (Å²) in [6, 6.07) is 12.9. The van der Waals surface area contributed by atoms with E-state index in [1.165, 1.54) is 18.9 Å². The highest BCUT2D eigenvalue weighted by atomic mass is 32.2. The van der Waals surface area contributed by atoms with Gasteiger partial charge in [-0.15, -0.1) is 11.8 Å². The van der Waals surface area contributed by atoms with Crippen LogP contribution in [0.15, 0.2) is 59.9 Å². The number of nitrogens with one attached hydrogen (secondary N) is 1. The Balaban J connectivity index is 1.75. The summed E-state index contributed by atoms with van der Waals surface area (Å²) in [7, 11) is 1.32. The Morgan fingerprint density at radius 3 is 2.52 bits per heavy atom. The van der Waals surface area contributed by atoms with Crippen LogP contribution in [0.5, 0.6) is 0 Å². The number of aromatic nitrogens is 2. The highest BCUT2D eigenvalue weighted by molar-refractivity contribution is 7.98. The van der Waals surface area contributed by atoms with E-state index in [9.17, 15) is 9.59 Å². The predicted octanol–water partition coefficient (Wildman–Crippen LogP) is 4.42. The third kappa shape index (κ3) is 5.42. The third-order valence-corrected chi connectivity index (χ3v) is 5.17. The van der Waals surface area contributed by atoms with Crippen molar-refractivity contribution in [2.75, 3.05) is 12.4 Å². The van der Waals surface area contributed by atoms with Gasteiger partial charge in [0, 0.05) is 23.8 Å². The molecule has 0 saturated carbocycles. The Bertz CT molecular complexity index is 1030. The highest BCUT2D eigenvalue weighted by Gasteiger charge is 2.14. The lowest BCUT2D eigenvalue weighted by atomic mass is 10.1. The summed E-state index contributed by atoms with van der Waals surface area (Å²) in [6.45, 7) is 3.98. The van der Waals surface area contributed by atoms with Gasteiger partial charge >= 0.3 is 5.97 Å². The molecule has 148 valence electrons. The number of aryl methyl sites for hydroxylation is 2. The molecule has 0 aliphatic heterocycles. The molecular weight excluding hydrogens is 386 g/mol. The normalized spacial score (nSPS) is 10.4. The number of rotatable bonds is 6. The van der Waals surface area contributed by atoms with Crippen molar-refractivity contribution in [2.24, 2.45) is 0 Å². The van der Waals surface area contributed by atoms with Gasteiger partial charge in [0.05, 0.1) is 12.7 Å². The SMILES string of the molecule is COC(=O)c1cc(CSc2ncccc2C(=O)Nc2cc(C)cc(C)c2)ccn1. The van der Waals surface area contributed by atoms with Gasteiger partial charge < -0.3 is 10.1 Å². The fourth-order valence-electron chi connectivity index (χ4n) is 2.86. The van der Waals surface area contributed by atoms with Crippen molar-refractivity contribution in [1.29, 1.82) is 0 Å². The summed E-state index contributed by atoms with van der Waals surface area (Å²) in [4.78, 5) is 32.8. The van der Waals surface area contributed by atoms with Gasteiger partial charge in [0.15, 0.2) is 0 Å². The van der Waals surface area contributed by atoms with E-state index in [1.54, 1.807) is 30.6 Å². The molecule has 1 amide bonds. The predicted molar refractivity (Wildman–Crippen MR) is 113 cm³/mol. The summed E-state index contributed by atoms with van der Waals surface area (Å²) in [6.07, 6.45) is 3.22. The van der Waals surface area contributed by atoms with E-state index in [4.69, 9.17) is 4.74 Å². The first-order valence-electron chi connectivity index (χ1n) is 8.97. The lowest BCUT2D eigenvalue weighted by molar-refractivity contribution is 0.0593. The van der Waals surface area contributed by atoms with Crippen LogP contribution >= 0.6 is 11.8 Å². The molecule has 0 fully saturated rings. The number of hydrogen-bond donors (Lipinski definition) is 1. The largest absolute Gasteiger partial charge is 0.464 e. The molecule has 1 aromatic carbocycles. The number of esters is 1. The number of anilines is 1. The molecule has 2 aromatic heterocycles. The minimum atomic E-state index is -0.483. The Morgan fingerprint density at radius 1 is 1.03 bits per heavy atom. The van der Waals surface area contributed by atoms with Gasteiger partial charge in [-0.3, -0.25) is 4.79 Å². The fraction of sp³-hybridized carbons (Fsp3) is 0.182. The standard InChI is InChI=1S/C22H21N3O3S/c1-14-9-15(2)11-17(10-14)25-20(26)18-5-4-7-24-21(18)29-13-16-6-8-23-19(12-16)22(27)28-3/h4-12H,13H2,1-3H3,(H,25,26). The molecule has 0 atom stereocenters. The molecule has 0 radical (unpaired) electrons. The van der Waals surface area contributed by atoms with E-state index in [1.807, 2.05) is 32.0 Å². The van der Waals surface area contributed by atoms with Gasteiger partial charge in [-0.1, -0.05) is 6.07 Å². The number of benzene rings is 1. The molecule has 0 aliphatic carbocycles. The van der Waals surface area contributed by atoms with E-state index in [2.05, 4.69) is 21.4 Å². The lowest BCUT2D eigenvalue weighted by Crippen LogP contribution is -2.14. The van der Waals surface area contributed by atoms with Crippen LogP contribution in [0.1, 0.15) is 37.5 Å². The molecule has 7 heteroatoms. The average molecular weight is 407 g/mol. The quantitative estimate of drug-likeness (QED) is 0.481. The average Bonchev–Trinajstić information content (AvgIpc) is 2.71. The Morgan fingerprint density at radius 2 is 1.79 bits per heavy atom. The molecule has 3 aromatic rings. The number of methoxy groups -OCH3 is 1. The molecular formula is C22H21N3O3S. The second kappa shape index (κ2) is 9.34. The highest BCUT2D eigenvalue weighted by Crippen LogP contribution is 2.25. The number of hydrogen-bond acceptors (Lipinski definition) is 6. The Labute approximate surface area is 173 Å². The first-order valence-corrected chi connectivity index (χ1v) is 9.95. The van der Waals surface area contributed by atoms with Crippen LogP contribution in [-0.2, 0) is 10.5 Å². The maximum absolute atomic E-state index is 12.8. The van der Waals surface area contributed by atoms with Gasteiger partial charge in [0.1, 0.15) is 10.7 Å². The van der Waals surface area contributed by atoms with Gasteiger partial charge in [0.25, 0.3) is 5.91 Å². The first-order chi connectivity index (χ1) is 14.0. The summed E-state index contributed by atoms with van der Waals surface area (Å²) in [5, 5.41) is 3.56. The van der Waals surface area contributed by atoms with Crippen molar-refractivity contribution in [3.63, 3.8) is 0 Å². The second-order valence-corrected chi connectivity index (χ2v) is 7.48. The Kier molecular flexibility index (Phi) is 6.61. The van der Waals surface area contributed by atoms with Crippen molar-refractivity contribution in [3.8, 4) is 0 Å². The number of carbonyl (C=O) groups excluding carboxylic acids is 2. The van der Waals surface area contributed by atoms with E-state index in [0.29, 0.717) is 16.3 Å². The van der Waals surface area contributed by atoms with Crippen molar-refractivity contribution >= 4 is 29.3 Å². The number of thioether (sulfide) groups is 1. The minimum Gasteiger partial charge on any atom is -0.464 e. The molecule has 0 saturated heterocycles. The van der Waals surface area contributed by atoms with Crippen molar-refractivity contribution in [3.05, 3.63) is 82.8 Å². The van der Waals surface area contributed by atoms with Crippen LogP contribution in [0.25, 0.3) is 0 Å². The molecule has 1 N–H and O–H groups in total. The second-order valence-electron chi connectivity index (χ2n) is 6.52. The number of pyridine rings is 2. The van der Waals surface area contributed by atoms with Crippen LogP contribution in [0.2, 0.25) is 0 Å². The topological polar surface area (TPSA) is 81.2 Å². The van der Waals surface area contributed by atoms with Gasteiger partial charge in [-0.2, -0.15) is 0 Å². The molecule has 0 aliphatic rings. The van der Waals surface area contributed by atoms with Crippen molar-refractivity contribution < 1.29 is 14.3 Å². The first kappa shape index (κ1) is 20.5. The summed E-state index contributed by atoms with van der Waals surface area (Å²) < 4.78 is 4.70. The van der Waals surface area contributed by atoms with Crippen LogP contribution in [0.3, 0.4) is 0 Å². The van der Waals surface area contributed by atoms with Gasteiger partial charge in [-0.25, -0.2) is 14.8 Å². The van der Waals surface area contributed by atoms with Crippen molar-refractivity contribution in [1.82, 2.24) is 9.97 Å².